The third kappa shape index (κ3) is 3.43. The lowest BCUT2D eigenvalue weighted by atomic mass is 9.91. The van der Waals surface area contributed by atoms with Crippen molar-refractivity contribution in [2.45, 2.75) is 31.4 Å². The predicted molar refractivity (Wildman–Crippen MR) is 99.2 cm³/mol. The van der Waals surface area contributed by atoms with Gasteiger partial charge >= 0.3 is 5.24 Å². The minimum absolute atomic E-state index is 0.0313. The largest absolute Gasteiger partial charge is 0.453 e. The number of rotatable bonds is 6. The lowest BCUT2D eigenvalue weighted by Crippen LogP contribution is -2.69. The van der Waals surface area contributed by atoms with Crippen molar-refractivity contribution in [1.29, 1.82) is 0 Å². The summed E-state index contributed by atoms with van der Waals surface area (Å²) >= 11 is 4.98. The molecule has 0 aromatic heterocycles. The molecular weight excluding hydrogens is 350 g/mol. The Labute approximate surface area is 157 Å². The van der Waals surface area contributed by atoms with Gasteiger partial charge in [0.15, 0.2) is 12.2 Å². The highest BCUT2D eigenvalue weighted by molar-refractivity contribution is 7.79. The second-order valence-electron chi connectivity index (χ2n) is 6.38. The van der Waals surface area contributed by atoms with E-state index in [0.717, 1.165) is 11.1 Å². The summed E-state index contributed by atoms with van der Waals surface area (Å²) in [6.45, 7) is 1.24. The molecule has 3 atom stereocenters. The molecule has 6 heteroatoms. The van der Waals surface area contributed by atoms with Crippen LogP contribution < -0.4 is 0 Å². The molecule has 2 aromatic carbocycles. The van der Waals surface area contributed by atoms with E-state index < -0.39 is 6.10 Å². The number of ether oxygens (including phenoxy) is 3. The van der Waals surface area contributed by atoms with E-state index in [9.17, 15) is 4.79 Å². The number of carbonyl (C=O) groups is 1. The highest BCUT2D eigenvalue weighted by Gasteiger charge is 2.54. The number of likely N-dealkylation sites (tertiary alicyclic amines) is 1. The maximum atomic E-state index is 12.7. The Morgan fingerprint density at radius 1 is 1.04 bits per heavy atom. The number of amides is 1. The van der Waals surface area contributed by atoms with Crippen LogP contribution in [0.2, 0.25) is 0 Å². The van der Waals surface area contributed by atoms with Crippen molar-refractivity contribution >= 4 is 23.4 Å². The molecule has 0 N–H and O–H groups in total. The van der Waals surface area contributed by atoms with Crippen LogP contribution in [-0.4, -0.2) is 40.9 Å². The molecule has 2 fully saturated rings. The van der Waals surface area contributed by atoms with Gasteiger partial charge in [-0.05, 0) is 11.1 Å². The Morgan fingerprint density at radius 3 is 2.31 bits per heavy atom. The quantitative estimate of drug-likeness (QED) is 0.579. The lowest BCUT2D eigenvalue weighted by Gasteiger charge is -2.48. The number of nitrogens with zero attached hydrogens (tertiary/aromatic N) is 1. The fourth-order valence-corrected chi connectivity index (χ4v) is 3.53. The third-order valence-corrected chi connectivity index (χ3v) is 4.87. The fraction of sp³-hybridized carbons (Fsp3) is 0.300. The van der Waals surface area contributed by atoms with Gasteiger partial charge in [-0.1, -0.05) is 60.7 Å². The first-order valence-corrected chi connectivity index (χ1v) is 8.96. The Bertz CT molecular complexity index is 783. The zero-order valence-electron chi connectivity index (χ0n) is 14.1. The summed E-state index contributed by atoms with van der Waals surface area (Å²) in [5.74, 6) is -0.0313. The van der Waals surface area contributed by atoms with Crippen molar-refractivity contribution in [2.75, 3.05) is 6.61 Å². The summed E-state index contributed by atoms with van der Waals surface area (Å²) in [6.07, 6.45) is -0.849. The van der Waals surface area contributed by atoms with E-state index in [1.165, 1.54) is 0 Å². The van der Waals surface area contributed by atoms with E-state index in [1.807, 2.05) is 60.7 Å². The Kier molecular flexibility index (Phi) is 4.86. The first kappa shape index (κ1) is 17.0. The van der Waals surface area contributed by atoms with Gasteiger partial charge < -0.3 is 19.1 Å². The van der Waals surface area contributed by atoms with Gasteiger partial charge in [0, 0.05) is 18.8 Å². The summed E-state index contributed by atoms with van der Waals surface area (Å²) < 4.78 is 16.8. The zero-order valence-corrected chi connectivity index (χ0v) is 14.9. The standard InChI is InChI=1S/C20H19NO4S/c22-19-18(23-12-15-9-5-2-6-10-15)17(16-13-24-20(26)25-16)21(19)11-14-7-3-1-4-8-14/h1-10,16-18H,11-13H2/t16-,17+,18-/m1/s1. The van der Waals surface area contributed by atoms with Gasteiger partial charge in [0.1, 0.15) is 12.6 Å². The normalized spacial score (nSPS) is 24.8. The first-order chi connectivity index (χ1) is 12.7. The minimum atomic E-state index is -0.548. The smallest absolute Gasteiger partial charge is 0.352 e. The molecule has 2 aliphatic heterocycles. The van der Waals surface area contributed by atoms with E-state index in [1.54, 1.807) is 4.90 Å². The molecule has 2 aliphatic rings. The van der Waals surface area contributed by atoms with E-state index in [2.05, 4.69) is 0 Å². The predicted octanol–water partition coefficient (Wildman–Crippen LogP) is 2.68. The van der Waals surface area contributed by atoms with Crippen LogP contribution in [-0.2, 0) is 32.2 Å². The summed E-state index contributed by atoms with van der Waals surface area (Å²) in [5, 5.41) is 0.135. The van der Waals surface area contributed by atoms with Gasteiger partial charge in [-0.3, -0.25) is 4.79 Å². The maximum Gasteiger partial charge on any atom is 0.352 e. The van der Waals surface area contributed by atoms with Crippen LogP contribution in [0.3, 0.4) is 0 Å². The van der Waals surface area contributed by atoms with Gasteiger partial charge in [-0.15, -0.1) is 0 Å². The molecule has 0 unspecified atom stereocenters. The third-order valence-electron chi connectivity index (χ3n) is 4.66. The Balaban J connectivity index is 1.48. The molecule has 0 radical (unpaired) electrons. The van der Waals surface area contributed by atoms with Crippen molar-refractivity contribution in [3.63, 3.8) is 0 Å². The van der Waals surface area contributed by atoms with E-state index >= 15 is 0 Å². The number of hydrogen-bond acceptors (Lipinski definition) is 5. The van der Waals surface area contributed by atoms with Gasteiger partial charge in [0.2, 0.25) is 0 Å². The molecule has 1 amide bonds. The van der Waals surface area contributed by atoms with Gasteiger partial charge in [0.25, 0.3) is 5.91 Å². The van der Waals surface area contributed by atoms with Gasteiger partial charge in [-0.2, -0.15) is 0 Å². The molecule has 0 spiro atoms. The number of carbonyl (C=O) groups excluding carboxylic acids is 1. The van der Waals surface area contributed by atoms with Crippen molar-refractivity contribution < 1.29 is 19.0 Å². The van der Waals surface area contributed by atoms with E-state index in [-0.39, 0.29) is 23.3 Å². The minimum Gasteiger partial charge on any atom is -0.453 e. The summed E-state index contributed by atoms with van der Waals surface area (Å²) in [7, 11) is 0. The fourth-order valence-electron chi connectivity index (χ4n) is 3.34. The molecule has 5 nitrogen and oxygen atoms in total. The van der Waals surface area contributed by atoms with Crippen molar-refractivity contribution in [2.24, 2.45) is 0 Å². The molecule has 0 saturated carbocycles. The topological polar surface area (TPSA) is 48.0 Å². The molecule has 134 valence electrons. The number of hydrogen-bond donors (Lipinski definition) is 0. The first-order valence-electron chi connectivity index (χ1n) is 8.56. The monoisotopic (exact) mass is 369 g/mol. The molecule has 26 heavy (non-hydrogen) atoms. The SMILES string of the molecule is O=C1[C@H](OCc2ccccc2)[C@H]([C@H]2COC(=S)O2)N1Cc1ccccc1. The van der Waals surface area contributed by atoms with Crippen molar-refractivity contribution in [3.05, 3.63) is 71.8 Å². The van der Waals surface area contributed by atoms with E-state index in [4.69, 9.17) is 26.4 Å². The molecule has 2 heterocycles. The molecular formula is C20H19NO4S. The molecule has 0 bridgehead atoms. The zero-order chi connectivity index (χ0) is 17.9. The van der Waals surface area contributed by atoms with E-state index in [0.29, 0.717) is 19.8 Å². The highest BCUT2D eigenvalue weighted by Crippen LogP contribution is 2.32. The summed E-state index contributed by atoms with van der Waals surface area (Å²) in [5.41, 5.74) is 2.09. The van der Waals surface area contributed by atoms with Gasteiger partial charge in [-0.25, -0.2) is 0 Å². The second kappa shape index (κ2) is 7.43. The highest BCUT2D eigenvalue weighted by atomic mass is 32.1. The Morgan fingerprint density at radius 2 is 1.69 bits per heavy atom. The maximum absolute atomic E-state index is 12.7. The second-order valence-corrected chi connectivity index (χ2v) is 6.71. The van der Waals surface area contributed by atoms with Crippen LogP contribution in [0.4, 0.5) is 0 Å². The summed E-state index contributed by atoms with van der Waals surface area (Å²) in [4.78, 5) is 14.5. The van der Waals surface area contributed by atoms with Crippen LogP contribution in [0, 0.1) is 0 Å². The van der Waals surface area contributed by atoms with Crippen LogP contribution in [0.15, 0.2) is 60.7 Å². The van der Waals surface area contributed by atoms with Crippen LogP contribution in [0.25, 0.3) is 0 Å². The number of thiocarbonyl (C=S) groups is 1. The molecule has 4 rings (SSSR count). The van der Waals surface area contributed by atoms with Crippen LogP contribution in [0.1, 0.15) is 11.1 Å². The van der Waals surface area contributed by atoms with Crippen molar-refractivity contribution in [3.8, 4) is 0 Å². The molecule has 2 saturated heterocycles. The number of β-lactam (4-membered cyclic amide) rings is 1. The average Bonchev–Trinajstić information content (AvgIpc) is 3.10. The average molecular weight is 369 g/mol. The lowest BCUT2D eigenvalue weighted by molar-refractivity contribution is -0.186. The van der Waals surface area contributed by atoms with Crippen LogP contribution in [0.5, 0.6) is 0 Å². The van der Waals surface area contributed by atoms with Gasteiger partial charge in [0.05, 0.1) is 6.61 Å². The number of benzene rings is 2. The molecule has 0 aliphatic carbocycles. The van der Waals surface area contributed by atoms with Crippen LogP contribution >= 0.6 is 12.2 Å². The Hall–Kier alpha value is -2.44. The molecule has 2 aromatic rings. The van der Waals surface area contributed by atoms with Crippen molar-refractivity contribution in [1.82, 2.24) is 4.90 Å². The summed E-state index contributed by atoms with van der Waals surface area (Å²) in [6, 6.07) is 19.5.